The number of nitro groups is 1. The molecule has 0 radical (unpaired) electrons. The van der Waals surface area contributed by atoms with Crippen molar-refractivity contribution in [1.82, 2.24) is 4.90 Å². The summed E-state index contributed by atoms with van der Waals surface area (Å²) in [4.78, 5) is 23.8. The Bertz CT molecular complexity index is 519. The van der Waals surface area contributed by atoms with E-state index in [1.165, 1.54) is 0 Å². The summed E-state index contributed by atoms with van der Waals surface area (Å²) in [5.41, 5.74) is -0.484. The second kappa shape index (κ2) is 5.34. The van der Waals surface area contributed by atoms with E-state index < -0.39 is 16.6 Å². The van der Waals surface area contributed by atoms with Crippen LogP contribution in [0.3, 0.4) is 0 Å². The topological polar surface area (TPSA) is 63.5 Å². The summed E-state index contributed by atoms with van der Waals surface area (Å²) in [5, 5.41) is 10.7. The molecular weight excluding hydrogens is 251 g/mol. The lowest BCUT2D eigenvalue weighted by atomic mass is 10.1. The Kier molecular flexibility index (Phi) is 3.78. The number of nitrogens with zero attached hydrogens (tertiary/aromatic N) is 2. The van der Waals surface area contributed by atoms with Crippen molar-refractivity contribution < 1.29 is 14.1 Å². The zero-order valence-corrected chi connectivity index (χ0v) is 10.6. The van der Waals surface area contributed by atoms with Crippen molar-refractivity contribution in [3.05, 3.63) is 39.7 Å². The van der Waals surface area contributed by atoms with E-state index in [0.29, 0.717) is 19.0 Å². The minimum atomic E-state index is -0.712. The number of benzene rings is 1. The maximum absolute atomic E-state index is 13.6. The highest BCUT2D eigenvalue weighted by Gasteiger charge is 2.28. The molecule has 1 atom stereocenters. The molecule has 102 valence electrons. The summed E-state index contributed by atoms with van der Waals surface area (Å²) in [6, 6.07) is 3.04. The average Bonchev–Trinajstić information content (AvgIpc) is 2.87. The van der Waals surface area contributed by atoms with Crippen LogP contribution in [0.15, 0.2) is 18.2 Å². The Morgan fingerprint density at radius 1 is 1.58 bits per heavy atom. The number of nitro benzene ring substituents is 1. The molecule has 1 aliphatic rings. The van der Waals surface area contributed by atoms with Crippen LogP contribution in [-0.2, 0) is 0 Å². The van der Waals surface area contributed by atoms with Crippen LogP contribution in [0.2, 0.25) is 0 Å². The second-order valence-corrected chi connectivity index (χ2v) is 4.74. The first kappa shape index (κ1) is 13.5. The fourth-order valence-corrected chi connectivity index (χ4v) is 2.31. The number of amides is 1. The van der Waals surface area contributed by atoms with Gasteiger partial charge < -0.3 is 4.90 Å². The molecular formula is C13H15FN2O3. The van der Waals surface area contributed by atoms with Gasteiger partial charge in [0, 0.05) is 25.2 Å². The molecule has 1 fully saturated rings. The van der Waals surface area contributed by atoms with Gasteiger partial charge in [0.05, 0.1) is 10.5 Å². The highest BCUT2D eigenvalue weighted by atomic mass is 19.1. The summed E-state index contributed by atoms with van der Waals surface area (Å²) in [5.74, 6) is -0.738. The van der Waals surface area contributed by atoms with Crippen LogP contribution in [0, 0.1) is 21.8 Å². The van der Waals surface area contributed by atoms with Crippen molar-refractivity contribution in [2.24, 2.45) is 5.92 Å². The van der Waals surface area contributed by atoms with Gasteiger partial charge in [0.1, 0.15) is 5.82 Å². The lowest BCUT2D eigenvalue weighted by Gasteiger charge is -2.16. The van der Waals surface area contributed by atoms with E-state index >= 15 is 0 Å². The Labute approximate surface area is 110 Å². The van der Waals surface area contributed by atoms with Crippen molar-refractivity contribution in [2.45, 2.75) is 19.8 Å². The van der Waals surface area contributed by atoms with E-state index in [-0.39, 0.29) is 11.3 Å². The molecule has 19 heavy (non-hydrogen) atoms. The summed E-state index contributed by atoms with van der Waals surface area (Å²) in [7, 11) is 0. The van der Waals surface area contributed by atoms with Gasteiger partial charge in [-0.05, 0) is 18.4 Å². The maximum atomic E-state index is 13.6. The number of halogens is 1. The smallest absolute Gasteiger partial charge is 0.270 e. The Hall–Kier alpha value is -1.98. The zero-order valence-electron chi connectivity index (χ0n) is 10.6. The molecule has 0 bridgehead atoms. The van der Waals surface area contributed by atoms with E-state index in [0.717, 1.165) is 31.0 Å². The molecule has 0 aliphatic carbocycles. The third-order valence-corrected chi connectivity index (χ3v) is 3.54. The van der Waals surface area contributed by atoms with Crippen LogP contribution < -0.4 is 0 Å². The molecule has 1 heterocycles. The predicted octanol–water partition coefficient (Wildman–Crippen LogP) is 2.61. The number of non-ortho nitro benzene ring substituents is 1. The standard InChI is InChI=1S/C13H15FN2O3/c1-2-9-5-6-15(8-9)13(17)11-7-10(16(18)19)3-4-12(11)14/h3-4,7,9H,2,5-6,8H2,1H3. The van der Waals surface area contributed by atoms with Gasteiger partial charge in [-0.15, -0.1) is 0 Å². The van der Waals surface area contributed by atoms with Crippen molar-refractivity contribution in [3.63, 3.8) is 0 Å². The lowest BCUT2D eigenvalue weighted by molar-refractivity contribution is -0.384. The molecule has 0 spiro atoms. The molecule has 0 saturated carbocycles. The summed E-state index contributed by atoms with van der Waals surface area (Å²) in [6.07, 6.45) is 1.87. The molecule has 1 aromatic rings. The Balaban J connectivity index is 2.24. The molecule has 0 aromatic heterocycles. The molecule has 0 N–H and O–H groups in total. The molecule has 5 nitrogen and oxygen atoms in total. The van der Waals surface area contributed by atoms with Gasteiger partial charge in [-0.1, -0.05) is 13.3 Å². The van der Waals surface area contributed by atoms with Crippen molar-refractivity contribution >= 4 is 11.6 Å². The van der Waals surface area contributed by atoms with E-state index in [1.54, 1.807) is 4.90 Å². The van der Waals surface area contributed by atoms with E-state index in [2.05, 4.69) is 0 Å². The molecule has 1 aromatic carbocycles. The minimum Gasteiger partial charge on any atom is -0.338 e. The Morgan fingerprint density at radius 3 is 2.89 bits per heavy atom. The summed E-state index contributed by atoms with van der Waals surface area (Å²) >= 11 is 0. The highest BCUT2D eigenvalue weighted by molar-refractivity contribution is 5.95. The van der Waals surface area contributed by atoms with E-state index in [9.17, 15) is 19.3 Å². The van der Waals surface area contributed by atoms with Crippen LogP contribution in [0.25, 0.3) is 0 Å². The fraction of sp³-hybridized carbons (Fsp3) is 0.462. The van der Waals surface area contributed by atoms with Gasteiger partial charge in [-0.3, -0.25) is 14.9 Å². The minimum absolute atomic E-state index is 0.217. The molecule has 1 amide bonds. The van der Waals surface area contributed by atoms with Crippen LogP contribution in [0.5, 0.6) is 0 Å². The van der Waals surface area contributed by atoms with Gasteiger partial charge in [-0.25, -0.2) is 4.39 Å². The third-order valence-electron chi connectivity index (χ3n) is 3.54. The molecule has 1 unspecified atom stereocenters. The van der Waals surface area contributed by atoms with Crippen LogP contribution in [0.4, 0.5) is 10.1 Å². The van der Waals surface area contributed by atoms with Crippen LogP contribution in [0.1, 0.15) is 30.1 Å². The molecule has 1 saturated heterocycles. The molecule has 1 aliphatic heterocycles. The molecule has 2 rings (SSSR count). The Morgan fingerprint density at radius 2 is 2.32 bits per heavy atom. The van der Waals surface area contributed by atoms with Crippen molar-refractivity contribution in [2.75, 3.05) is 13.1 Å². The monoisotopic (exact) mass is 266 g/mol. The molecule has 6 heteroatoms. The number of rotatable bonds is 3. The SMILES string of the molecule is CCC1CCN(C(=O)c2cc([N+](=O)[O-])ccc2F)C1. The number of hydrogen-bond donors (Lipinski definition) is 0. The fourth-order valence-electron chi connectivity index (χ4n) is 2.31. The van der Waals surface area contributed by atoms with Gasteiger partial charge in [0.15, 0.2) is 0 Å². The van der Waals surface area contributed by atoms with Crippen LogP contribution >= 0.6 is 0 Å². The quantitative estimate of drug-likeness (QED) is 0.624. The lowest BCUT2D eigenvalue weighted by Crippen LogP contribution is -2.29. The first-order valence-electron chi connectivity index (χ1n) is 6.26. The normalized spacial score (nSPS) is 18.6. The average molecular weight is 266 g/mol. The highest BCUT2D eigenvalue weighted by Crippen LogP contribution is 2.24. The van der Waals surface area contributed by atoms with Gasteiger partial charge >= 0.3 is 0 Å². The van der Waals surface area contributed by atoms with E-state index in [4.69, 9.17) is 0 Å². The number of carbonyl (C=O) groups is 1. The van der Waals surface area contributed by atoms with Gasteiger partial charge in [0.25, 0.3) is 11.6 Å². The van der Waals surface area contributed by atoms with Crippen molar-refractivity contribution in [1.29, 1.82) is 0 Å². The largest absolute Gasteiger partial charge is 0.338 e. The number of carbonyl (C=O) groups excluding carboxylic acids is 1. The van der Waals surface area contributed by atoms with E-state index in [1.807, 2.05) is 6.92 Å². The first-order valence-corrected chi connectivity index (χ1v) is 6.26. The number of hydrogen-bond acceptors (Lipinski definition) is 3. The first-order chi connectivity index (χ1) is 9.02. The van der Waals surface area contributed by atoms with Crippen LogP contribution in [-0.4, -0.2) is 28.8 Å². The maximum Gasteiger partial charge on any atom is 0.270 e. The van der Waals surface area contributed by atoms with Gasteiger partial charge in [-0.2, -0.15) is 0 Å². The zero-order chi connectivity index (χ0) is 14.0. The summed E-state index contributed by atoms with van der Waals surface area (Å²) < 4.78 is 13.6. The number of likely N-dealkylation sites (tertiary alicyclic amines) is 1. The third kappa shape index (κ3) is 2.72. The van der Waals surface area contributed by atoms with Gasteiger partial charge in [0.2, 0.25) is 0 Å². The summed E-state index contributed by atoms with van der Waals surface area (Å²) in [6.45, 7) is 3.23. The van der Waals surface area contributed by atoms with Crippen molar-refractivity contribution in [3.8, 4) is 0 Å². The predicted molar refractivity (Wildman–Crippen MR) is 67.4 cm³/mol. The second-order valence-electron chi connectivity index (χ2n) is 4.74.